The van der Waals surface area contributed by atoms with Gasteiger partial charge in [0.1, 0.15) is 12.4 Å². The molecule has 0 aliphatic carbocycles. The first-order chi connectivity index (χ1) is 14.5. The summed E-state index contributed by atoms with van der Waals surface area (Å²) in [7, 11) is 1.69. The van der Waals surface area contributed by atoms with Gasteiger partial charge in [0, 0.05) is 7.05 Å². The minimum Gasteiger partial charge on any atom is -0.447 e. The zero-order chi connectivity index (χ0) is 22.9. The van der Waals surface area contributed by atoms with Crippen LogP contribution >= 0.6 is 15.9 Å². The van der Waals surface area contributed by atoms with Gasteiger partial charge in [-0.2, -0.15) is 0 Å². The van der Waals surface area contributed by atoms with E-state index >= 15 is 0 Å². The quantitative estimate of drug-likeness (QED) is 0.542. The number of likely N-dealkylation sites (N-methyl/N-ethyl adjacent to an activating group) is 1. The first-order valence-corrected chi connectivity index (χ1v) is 9.82. The molecule has 1 atom stereocenters. The minimum atomic E-state index is -0.909. The maximum absolute atomic E-state index is 13.7. The molecule has 3 aromatic rings. The molecule has 166 valence electrons. The molecule has 3 rings (SSSR count). The predicted octanol–water partition coefficient (Wildman–Crippen LogP) is 2.72. The standard InChI is InChI=1S/C18H20BrFN6O5/c1-18(2,3)12(8-29-16(21)27)25(4)14-13(22-31-24-14)15-23-30-17(28)26(15)9-5-6-11(20)10(19)7-9/h5-7,12H,8H2,1-4H3,(H2,21,27). The van der Waals surface area contributed by atoms with Crippen LogP contribution in [0.3, 0.4) is 0 Å². The number of nitrogens with two attached hydrogens (primary N) is 1. The van der Waals surface area contributed by atoms with Crippen molar-refractivity contribution in [1.29, 1.82) is 0 Å². The molecule has 0 spiro atoms. The third-order valence-corrected chi connectivity index (χ3v) is 5.24. The minimum absolute atomic E-state index is 0.00455. The number of hydrogen-bond donors (Lipinski definition) is 1. The Hall–Kier alpha value is -3.22. The summed E-state index contributed by atoms with van der Waals surface area (Å²) in [4.78, 5) is 25.2. The average molecular weight is 499 g/mol. The molecule has 0 aliphatic rings. The van der Waals surface area contributed by atoms with Gasteiger partial charge >= 0.3 is 11.8 Å². The number of aromatic nitrogens is 4. The molecule has 11 nitrogen and oxygen atoms in total. The fourth-order valence-electron chi connectivity index (χ4n) is 3.06. The molecule has 0 saturated heterocycles. The molecule has 0 saturated carbocycles. The average Bonchev–Trinajstić information content (AvgIpc) is 3.29. The monoisotopic (exact) mass is 498 g/mol. The van der Waals surface area contributed by atoms with Crippen LogP contribution in [0.15, 0.2) is 36.6 Å². The van der Waals surface area contributed by atoms with E-state index in [4.69, 9.17) is 19.6 Å². The number of hydrogen-bond acceptors (Lipinski definition) is 9. The Bertz CT molecular complexity index is 1150. The highest BCUT2D eigenvalue weighted by Gasteiger charge is 2.34. The fourth-order valence-corrected chi connectivity index (χ4v) is 3.43. The second-order valence-corrected chi connectivity index (χ2v) is 8.62. The molecule has 1 unspecified atom stereocenters. The second-order valence-electron chi connectivity index (χ2n) is 7.77. The molecule has 2 N–H and O–H groups in total. The summed E-state index contributed by atoms with van der Waals surface area (Å²) >= 11 is 3.09. The molecule has 0 aliphatic heterocycles. The lowest BCUT2D eigenvalue weighted by Crippen LogP contribution is -2.46. The van der Waals surface area contributed by atoms with Crippen molar-refractivity contribution < 1.29 is 23.1 Å². The van der Waals surface area contributed by atoms with Crippen molar-refractivity contribution in [2.75, 3.05) is 18.6 Å². The van der Waals surface area contributed by atoms with E-state index in [1.165, 1.54) is 18.2 Å². The van der Waals surface area contributed by atoms with Gasteiger partial charge < -0.3 is 15.4 Å². The van der Waals surface area contributed by atoms with E-state index in [0.717, 1.165) is 4.57 Å². The van der Waals surface area contributed by atoms with Crippen LogP contribution in [0.5, 0.6) is 0 Å². The van der Waals surface area contributed by atoms with Gasteiger partial charge in [-0.3, -0.25) is 4.52 Å². The lowest BCUT2D eigenvalue weighted by Gasteiger charge is -2.37. The number of carbonyl (C=O) groups is 1. The van der Waals surface area contributed by atoms with E-state index in [-0.39, 0.29) is 39.5 Å². The van der Waals surface area contributed by atoms with Crippen LogP contribution < -0.4 is 16.4 Å². The fraction of sp³-hybridized carbons (Fsp3) is 0.389. The van der Waals surface area contributed by atoms with E-state index in [2.05, 4.69) is 31.4 Å². The van der Waals surface area contributed by atoms with E-state index in [1.54, 1.807) is 11.9 Å². The molecule has 1 aromatic carbocycles. The first kappa shape index (κ1) is 22.5. The van der Waals surface area contributed by atoms with Crippen molar-refractivity contribution in [3.05, 3.63) is 39.0 Å². The van der Waals surface area contributed by atoms with Crippen LogP contribution in [0, 0.1) is 11.2 Å². The number of halogens is 2. The van der Waals surface area contributed by atoms with Crippen LogP contribution in [0.4, 0.5) is 15.0 Å². The Labute approximate surface area is 184 Å². The zero-order valence-electron chi connectivity index (χ0n) is 17.1. The molecular weight excluding hydrogens is 479 g/mol. The van der Waals surface area contributed by atoms with Crippen LogP contribution in [-0.4, -0.2) is 45.8 Å². The molecule has 2 aromatic heterocycles. The summed E-state index contributed by atoms with van der Waals surface area (Å²) < 4.78 is 29.6. The first-order valence-electron chi connectivity index (χ1n) is 9.03. The largest absolute Gasteiger partial charge is 0.447 e. The molecule has 1 amide bonds. The van der Waals surface area contributed by atoms with Crippen molar-refractivity contribution in [3.63, 3.8) is 0 Å². The lowest BCUT2D eigenvalue weighted by atomic mass is 9.86. The van der Waals surface area contributed by atoms with Crippen molar-refractivity contribution in [2.45, 2.75) is 26.8 Å². The van der Waals surface area contributed by atoms with E-state index < -0.39 is 23.7 Å². The Morgan fingerprint density at radius 3 is 2.68 bits per heavy atom. The Morgan fingerprint density at radius 1 is 1.35 bits per heavy atom. The summed E-state index contributed by atoms with van der Waals surface area (Å²) in [5, 5.41) is 11.6. The number of amides is 1. The SMILES string of the molecule is CN(c1nonc1-c1noc(=O)n1-c1ccc(F)c(Br)c1)C(COC(N)=O)C(C)(C)C. The van der Waals surface area contributed by atoms with Crippen LogP contribution in [0.25, 0.3) is 17.2 Å². The van der Waals surface area contributed by atoms with Gasteiger partial charge in [0.15, 0.2) is 5.69 Å². The normalized spacial score (nSPS) is 12.6. The zero-order valence-corrected chi connectivity index (χ0v) is 18.7. The summed E-state index contributed by atoms with van der Waals surface area (Å²) in [6, 6.07) is 3.58. The molecule has 13 heteroatoms. The van der Waals surface area contributed by atoms with Crippen LogP contribution in [-0.2, 0) is 4.74 Å². The van der Waals surface area contributed by atoms with Gasteiger partial charge in [-0.25, -0.2) is 23.2 Å². The summed E-state index contributed by atoms with van der Waals surface area (Å²) in [5.41, 5.74) is 5.12. The van der Waals surface area contributed by atoms with E-state index in [0.29, 0.717) is 0 Å². The number of benzene rings is 1. The number of primary amides is 1. The van der Waals surface area contributed by atoms with Gasteiger partial charge in [0.25, 0.3) is 0 Å². The van der Waals surface area contributed by atoms with E-state index in [1.807, 2.05) is 20.8 Å². The van der Waals surface area contributed by atoms with E-state index in [9.17, 15) is 14.0 Å². The Kier molecular flexibility index (Phi) is 6.15. The van der Waals surface area contributed by atoms with Gasteiger partial charge in [-0.15, -0.1) is 0 Å². The maximum Gasteiger partial charge on any atom is 0.446 e. The Morgan fingerprint density at radius 2 is 2.06 bits per heavy atom. The van der Waals surface area contributed by atoms with Crippen molar-refractivity contribution in [2.24, 2.45) is 11.1 Å². The summed E-state index contributed by atoms with van der Waals surface area (Å²) in [6.07, 6.45) is -0.909. The van der Waals surface area contributed by atoms with Crippen molar-refractivity contribution in [3.8, 4) is 17.2 Å². The van der Waals surface area contributed by atoms with Crippen molar-refractivity contribution >= 4 is 27.8 Å². The molecule has 31 heavy (non-hydrogen) atoms. The number of anilines is 1. The third-order valence-electron chi connectivity index (χ3n) is 4.63. The van der Waals surface area contributed by atoms with Gasteiger partial charge in [0.2, 0.25) is 11.6 Å². The number of nitrogens with zero attached hydrogens (tertiary/aromatic N) is 5. The number of ether oxygens (including phenoxy) is 1. The molecule has 0 fully saturated rings. The highest BCUT2D eigenvalue weighted by atomic mass is 79.9. The lowest BCUT2D eigenvalue weighted by molar-refractivity contribution is 0.125. The highest BCUT2D eigenvalue weighted by Crippen LogP contribution is 2.33. The van der Waals surface area contributed by atoms with Crippen LogP contribution in [0.1, 0.15) is 20.8 Å². The molecule has 2 heterocycles. The third kappa shape index (κ3) is 4.60. The predicted molar refractivity (Wildman–Crippen MR) is 110 cm³/mol. The van der Waals surface area contributed by atoms with Crippen LogP contribution in [0.2, 0.25) is 0 Å². The molecule has 0 bridgehead atoms. The number of carbonyl (C=O) groups excluding carboxylic acids is 1. The number of rotatable bonds is 6. The highest BCUT2D eigenvalue weighted by molar-refractivity contribution is 9.10. The van der Waals surface area contributed by atoms with Crippen molar-refractivity contribution in [1.82, 2.24) is 20.0 Å². The summed E-state index contributed by atoms with van der Waals surface area (Å²) in [6.45, 7) is 5.79. The summed E-state index contributed by atoms with van der Waals surface area (Å²) in [5.74, 6) is -1.10. The maximum atomic E-state index is 13.7. The second kappa shape index (κ2) is 8.49. The smallest absolute Gasteiger partial charge is 0.446 e. The van der Waals surface area contributed by atoms with Gasteiger partial charge in [0.05, 0.1) is 16.2 Å². The Balaban J connectivity index is 2.07. The molecule has 0 radical (unpaired) electrons. The topological polar surface area (TPSA) is 143 Å². The molecular formula is C18H20BrFN6O5. The van der Waals surface area contributed by atoms with Gasteiger partial charge in [-0.05, 0) is 49.9 Å². The van der Waals surface area contributed by atoms with Gasteiger partial charge in [-0.1, -0.05) is 25.9 Å².